The van der Waals surface area contributed by atoms with Crippen molar-refractivity contribution in [2.75, 3.05) is 7.05 Å². The molecule has 0 bridgehead atoms. The van der Waals surface area contributed by atoms with E-state index in [2.05, 4.69) is 46.3 Å². The molecule has 0 saturated heterocycles. The van der Waals surface area contributed by atoms with Crippen molar-refractivity contribution in [2.24, 2.45) is 0 Å². The first-order valence-corrected chi connectivity index (χ1v) is 7.90. The van der Waals surface area contributed by atoms with Crippen LogP contribution < -0.4 is 0 Å². The van der Waals surface area contributed by atoms with Crippen LogP contribution in [0.15, 0.2) is 71.4 Å². The van der Waals surface area contributed by atoms with Gasteiger partial charge in [-0.25, -0.2) is 9.67 Å². The maximum Gasteiger partial charge on any atom is 0.209 e. The van der Waals surface area contributed by atoms with Gasteiger partial charge in [-0.1, -0.05) is 24.3 Å². The Morgan fingerprint density at radius 3 is 2.58 bits per heavy atom. The van der Waals surface area contributed by atoms with Crippen molar-refractivity contribution in [1.82, 2.24) is 19.7 Å². The van der Waals surface area contributed by atoms with Gasteiger partial charge in [-0.3, -0.25) is 4.90 Å². The first kappa shape index (κ1) is 14.7. The molecule has 0 saturated carbocycles. The summed E-state index contributed by atoms with van der Waals surface area (Å²) in [6, 6.07) is 18.2. The zero-order chi connectivity index (χ0) is 16.4. The fraction of sp³-hybridized carbons (Fsp3) is 0.158. The highest BCUT2D eigenvalue weighted by Gasteiger charge is 2.09. The minimum Gasteiger partial charge on any atom is -0.439 e. The number of fused-ring (bicyclic) bond motifs is 1. The Balaban J connectivity index is 1.42. The number of oxazole rings is 1. The van der Waals surface area contributed by atoms with Gasteiger partial charge in [-0.2, -0.15) is 5.10 Å². The van der Waals surface area contributed by atoms with E-state index in [1.54, 1.807) is 6.20 Å². The summed E-state index contributed by atoms with van der Waals surface area (Å²) >= 11 is 0. The lowest BCUT2D eigenvalue weighted by Crippen LogP contribution is -2.17. The van der Waals surface area contributed by atoms with Crippen LogP contribution in [0.1, 0.15) is 11.5 Å². The third kappa shape index (κ3) is 3.07. The molecule has 120 valence electrons. The van der Waals surface area contributed by atoms with Crippen molar-refractivity contribution in [2.45, 2.75) is 13.1 Å². The zero-order valence-corrected chi connectivity index (χ0v) is 13.5. The van der Waals surface area contributed by atoms with Gasteiger partial charge in [0, 0.05) is 18.9 Å². The Morgan fingerprint density at radius 1 is 1.00 bits per heavy atom. The summed E-state index contributed by atoms with van der Waals surface area (Å²) in [5.41, 5.74) is 4.05. The van der Waals surface area contributed by atoms with Crippen LogP contribution in [0.4, 0.5) is 0 Å². The fourth-order valence-electron chi connectivity index (χ4n) is 2.76. The number of rotatable bonds is 5. The molecule has 4 aromatic rings. The number of benzene rings is 2. The van der Waals surface area contributed by atoms with E-state index in [0.717, 1.165) is 29.2 Å². The van der Waals surface area contributed by atoms with Crippen LogP contribution in [0.2, 0.25) is 0 Å². The van der Waals surface area contributed by atoms with E-state index in [9.17, 15) is 0 Å². The Hall–Kier alpha value is -2.92. The van der Waals surface area contributed by atoms with Gasteiger partial charge in [0.05, 0.1) is 12.2 Å². The Kier molecular flexibility index (Phi) is 3.84. The average Bonchev–Trinajstić information content (AvgIpc) is 3.24. The van der Waals surface area contributed by atoms with Gasteiger partial charge in [-0.15, -0.1) is 0 Å². The second-order valence-electron chi connectivity index (χ2n) is 5.86. The van der Waals surface area contributed by atoms with Gasteiger partial charge in [0.15, 0.2) is 5.58 Å². The van der Waals surface area contributed by atoms with Gasteiger partial charge in [-0.05, 0) is 42.9 Å². The summed E-state index contributed by atoms with van der Waals surface area (Å²) in [4.78, 5) is 6.71. The second-order valence-corrected chi connectivity index (χ2v) is 5.86. The molecule has 4 rings (SSSR count). The first-order valence-electron chi connectivity index (χ1n) is 7.90. The highest BCUT2D eigenvalue weighted by Crippen LogP contribution is 2.17. The number of para-hydroxylation sites is 2. The number of hydrogen-bond acceptors (Lipinski definition) is 4. The van der Waals surface area contributed by atoms with Crippen molar-refractivity contribution < 1.29 is 4.42 Å². The summed E-state index contributed by atoms with van der Waals surface area (Å²) in [6.07, 6.45) is 3.72. The molecule has 0 N–H and O–H groups in total. The normalized spacial score (nSPS) is 11.4. The number of nitrogens with zero attached hydrogens (tertiary/aromatic N) is 4. The summed E-state index contributed by atoms with van der Waals surface area (Å²) in [5, 5.41) is 4.24. The summed E-state index contributed by atoms with van der Waals surface area (Å²) in [5.74, 6) is 0.742. The number of hydrogen-bond donors (Lipinski definition) is 0. The standard InChI is InChI=1S/C19H18N4O/c1-22(14-19-21-17-5-2-3-6-18(17)24-19)13-15-7-9-16(10-8-15)23-12-4-11-20-23/h2-12H,13-14H2,1H3. The lowest BCUT2D eigenvalue weighted by Gasteiger charge is -2.14. The third-order valence-electron chi connectivity index (χ3n) is 3.90. The summed E-state index contributed by atoms with van der Waals surface area (Å²) < 4.78 is 7.63. The fourth-order valence-corrected chi connectivity index (χ4v) is 2.76. The third-order valence-corrected chi connectivity index (χ3v) is 3.90. The molecular weight excluding hydrogens is 300 g/mol. The van der Waals surface area contributed by atoms with Crippen LogP contribution in [0.25, 0.3) is 16.8 Å². The lowest BCUT2D eigenvalue weighted by atomic mass is 10.2. The van der Waals surface area contributed by atoms with Crippen molar-refractivity contribution in [3.8, 4) is 5.69 Å². The smallest absolute Gasteiger partial charge is 0.209 e. The Morgan fingerprint density at radius 2 is 1.83 bits per heavy atom. The molecule has 2 aromatic heterocycles. The van der Waals surface area contributed by atoms with Crippen LogP contribution in [-0.2, 0) is 13.1 Å². The van der Waals surface area contributed by atoms with Crippen molar-refractivity contribution >= 4 is 11.1 Å². The van der Waals surface area contributed by atoms with Gasteiger partial charge in [0.2, 0.25) is 5.89 Å². The first-order chi connectivity index (χ1) is 11.8. The molecule has 0 fully saturated rings. The molecule has 0 aliphatic carbocycles. The minimum absolute atomic E-state index is 0.676. The molecule has 24 heavy (non-hydrogen) atoms. The molecule has 2 aromatic carbocycles. The maximum atomic E-state index is 5.78. The summed E-state index contributed by atoms with van der Waals surface area (Å²) in [6.45, 7) is 1.51. The van der Waals surface area contributed by atoms with Crippen LogP contribution >= 0.6 is 0 Å². The molecule has 2 heterocycles. The van der Waals surface area contributed by atoms with Crippen LogP contribution in [0.3, 0.4) is 0 Å². The predicted molar refractivity (Wildman–Crippen MR) is 92.7 cm³/mol. The maximum absolute atomic E-state index is 5.78. The van der Waals surface area contributed by atoms with Gasteiger partial charge in [0.25, 0.3) is 0 Å². The van der Waals surface area contributed by atoms with E-state index in [1.807, 2.05) is 41.2 Å². The van der Waals surface area contributed by atoms with E-state index >= 15 is 0 Å². The average molecular weight is 318 g/mol. The quantitative estimate of drug-likeness (QED) is 0.563. The van der Waals surface area contributed by atoms with Crippen molar-refractivity contribution in [3.63, 3.8) is 0 Å². The van der Waals surface area contributed by atoms with Crippen molar-refractivity contribution in [3.05, 3.63) is 78.4 Å². The highest BCUT2D eigenvalue weighted by molar-refractivity contribution is 5.72. The lowest BCUT2D eigenvalue weighted by molar-refractivity contribution is 0.285. The molecule has 0 spiro atoms. The van der Waals surface area contributed by atoms with E-state index in [-0.39, 0.29) is 0 Å². The molecule has 0 unspecified atom stereocenters. The minimum atomic E-state index is 0.676. The Bertz CT molecular complexity index is 893. The SMILES string of the molecule is CN(Cc1ccc(-n2cccn2)cc1)Cc1nc2ccccc2o1. The molecule has 0 atom stereocenters. The van der Waals surface area contributed by atoms with Gasteiger partial charge < -0.3 is 4.42 Å². The highest BCUT2D eigenvalue weighted by atomic mass is 16.3. The molecule has 0 aliphatic rings. The van der Waals surface area contributed by atoms with Crippen molar-refractivity contribution in [1.29, 1.82) is 0 Å². The van der Waals surface area contributed by atoms with Crippen LogP contribution in [0, 0.1) is 0 Å². The number of aromatic nitrogens is 3. The molecule has 5 heteroatoms. The largest absolute Gasteiger partial charge is 0.439 e. The monoisotopic (exact) mass is 318 g/mol. The second kappa shape index (κ2) is 6.29. The van der Waals surface area contributed by atoms with Crippen LogP contribution in [0.5, 0.6) is 0 Å². The Labute approximate surface area is 140 Å². The zero-order valence-electron chi connectivity index (χ0n) is 13.5. The van der Waals surface area contributed by atoms with E-state index in [4.69, 9.17) is 4.42 Å². The van der Waals surface area contributed by atoms with E-state index in [1.165, 1.54) is 5.56 Å². The predicted octanol–water partition coefficient (Wildman–Crippen LogP) is 3.65. The van der Waals surface area contributed by atoms with E-state index < -0.39 is 0 Å². The molecule has 0 amide bonds. The van der Waals surface area contributed by atoms with Crippen LogP contribution in [-0.4, -0.2) is 26.7 Å². The molecule has 0 aliphatic heterocycles. The van der Waals surface area contributed by atoms with Gasteiger partial charge in [0.1, 0.15) is 5.52 Å². The topological polar surface area (TPSA) is 47.1 Å². The molecular formula is C19H18N4O. The summed E-state index contributed by atoms with van der Waals surface area (Å²) in [7, 11) is 2.07. The molecule has 0 radical (unpaired) electrons. The van der Waals surface area contributed by atoms with Gasteiger partial charge >= 0.3 is 0 Å². The van der Waals surface area contributed by atoms with E-state index in [0.29, 0.717) is 6.54 Å². The molecule has 5 nitrogen and oxygen atoms in total.